The fourth-order valence-corrected chi connectivity index (χ4v) is 1.90. The number of nitrogens with zero attached hydrogens (tertiary/aromatic N) is 1. The largest absolute Gasteiger partial charge is 0.343 e. The second kappa shape index (κ2) is 3.42. The molecule has 0 aliphatic carbocycles. The lowest BCUT2D eigenvalue weighted by Gasteiger charge is -2.14. The molecule has 0 unspecified atom stereocenters. The highest BCUT2D eigenvalue weighted by molar-refractivity contribution is 5.82. The lowest BCUT2D eigenvalue weighted by molar-refractivity contribution is -0.411. The van der Waals surface area contributed by atoms with Crippen molar-refractivity contribution in [2.24, 2.45) is 0 Å². The van der Waals surface area contributed by atoms with Crippen LogP contribution in [0.3, 0.4) is 0 Å². The number of rotatable bonds is 0. The van der Waals surface area contributed by atoms with Crippen molar-refractivity contribution in [2.45, 2.75) is 12.5 Å². The van der Waals surface area contributed by atoms with Crippen LogP contribution in [-0.2, 0) is 11.2 Å². The Morgan fingerprint density at radius 1 is 1.43 bits per heavy atom. The molecule has 1 heterocycles. The molecule has 0 saturated carbocycles. The summed E-state index contributed by atoms with van der Waals surface area (Å²) in [6.07, 6.45) is 0.935. The van der Waals surface area contributed by atoms with Gasteiger partial charge in [-0.15, -0.1) is 0 Å². The lowest BCUT2D eigenvalue weighted by atomic mass is 10.00. The van der Waals surface area contributed by atoms with Crippen molar-refractivity contribution in [1.29, 1.82) is 0 Å². The van der Waals surface area contributed by atoms with Gasteiger partial charge in [-0.05, 0) is 12.0 Å². The molecule has 3 heteroatoms. The molecule has 3 N–H and O–H groups in total. The standard InChI is InChI=1S/C11H14N2O/c1-13-7-6-8-4-2-3-5-9(8)10(12)11(13)14/h2-5,10H,6-7,12H2,1H3/p+1/t10-/m0/s1. The first-order valence-electron chi connectivity index (χ1n) is 4.86. The summed E-state index contributed by atoms with van der Waals surface area (Å²) in [4.78, 5) is 13.5. The first kappa shape index (κ1) is 9.21. The Kier molecular flexibility index (Phi) is 2.25. The maximum absolute atomic E-state index is 11.8. The first-order valence-corrected chi connectivity index (χ1v) is 4.86. The summed E-state index contributed by atoms with van der Waals surface area (Å²) in [7, 11) is 1.84. The van der Waals surface area contributed by atoms with Crippen LogP contribution in [0.1, 0.15) is 17.2 Å². The Balaban J connectivity index is 2.45. The van der Waals surface area contributed by atoms with Gasteiger partial charge in [-0.1, -0.05) is 24.3 Å². The Morgan fingerprint density at radius 2 is 2.14 bits per heavy atom. The Hall–Kier alpha value is -1.35. The minimum Gasteiger partial charge on any atom is -0.343 e. The number of hydrogen-bond donors (Lipinski definition) is 1. The maximum atomic E-state index is 11.8. The number of amides is 1. The number of fused-ring (bicyclic) bond motifs is 1. The van der Waals surface area contributed by atoms with Gasteiger partial charge in [0.25, 0.3) is 5.91 Å². The van der Waals surface area contributed by atoms with Crippen LogP contribution in [-0.4, -0.2) is 24.4 Å². The molecule has 0 bridgehead atoms. The van der Waals surface area contributed by atoms with E-state index in [0.29, 0.717) is 0 Å². The van der Waals surface area contributed by atoms with Crippen LogP contribution in [0.5, 0.6) is 0 Å². The molecule has 0 aromatic heterocycles. The van der Waals surface area contributed by atoms with Crippen molar-refractivity contribution < 1.29 is 10.5 Å². The molecule has 1 aliphatic heterocycles. The number of carbonyl (C=O) groups excluding carboxylic acids is 1. The van der Waals surface area contributed by atoms with Crippen LogP contribution in [0.25, 0.3) is 0 Å². The zero-order chi connectivity index (χ0) is 10.1. The summed E-state index contributed by atoms with van der Waals surface area (Å²) in [6, 6.07) is 7.83. The number of quaternary nitrogens is 1. The summed E-state index contributed by atoms with van der Waals surface area (Å²) in [6.45, 7) is 0.794. The summed E-state index contributed by atoms with van der Waals surface area (Å²) >= 11 is 0. The van der Waals surface area contributed by atoms with E-state index in [1.54, 1.807) is 4.90 Å². The molecule has 74 valence electrons. The molecule has 0 radical (unpaired) electrons. The van der Waals surface area contributed by atoms with Gasteiger partial charge in [0, 0.05) is 19.2 Å². The summed E-state index contributed by atoms with van der Waals surface area (Å²) in [5, 5.41) is 0. The molecule has 14 heavy (non-hydrogen) atoms. The van der Waals surface area contributed by atoms with E-state index in [-0.39, 0.29) is 11.9 Å². The third-order valence-corrected chi connectivity index (χ3v) is 2.82. The van der Waals surface area contributed by atoms with Crippen LogP contribution < -0.4 is 5.73 Å². The van der Waals surface area contributed by atoms with Gasteiger partial charge in [-0.25, -0.2) is 0 Å². The van der Waals surface area contributed by atoms with Crippen molar-refractivity contribution >= 4 is 5.91 Å². The van der Waals surface area contributed by atoms with Crippen LogP contribution in [0, 0.1) is 0 Å². The van der Waals surface area contributed by atoms with Gasteiger partial charge >= 0.3 is 0 Å². The average Bonchev–Trinajstić information content (AvgIpc) is 2.32. The van der Waals surface area contributed by atoms with E-state index in [1.807, 2.05) is 25.2 Å². The Labute approximate surface area is 83.5 Å². The molecule has 1 atom stereocenters. The fourth-order valence-electron chi connectivity index (χ4n) is 1.90. The van der Waals surface area contributed by atoms with Gasteiger partial charge in [0.15, 0.2) is 6.04 Å². The van der Waals surface area contributed by atoms with Gasteiger partial charge in [-0.2, -0.15) is 0 Å². The predicted molar refractivity (Wildman–Crippen MR) is 53.4 cm³/mol. The highest BCUT2D eigenvalue weighted by atomic mass is 16.2. The van der Waals surface area contributed by atoms with Crippen molar-refractivity contribution in [3.63, 3.8) is 0 Å². The second-order valence-corrected chi connectivity index (χ2v) is 3.76. The molecule has 0 spiro atoms. The number of likely N-dealkylation sites (N-methyl/N-ethyl adjacent to an activating group) is 1. The topological polar surface area (TPSA) is 48.0 Å². The van der Waals surface area contributed by atoms with E-state index in [1.165, 1.54) is 5.56 Å². The minimum atomic E-state index is -0.237. The van der Waals surface area contributed by atoms with Gasteiger partial charge in [0.05, 0.1) is 0 Å². The monoisotopic (exact) mass is 191 g/mol. The number of carbonyl (C=O) groups is 1. The SMILES string of the molecule is CN1CCc2ccccc2[C@H]([NH3+])C1=O. The van der Waals surface area contributed by atoms with Gasteiger partial charge < -0.3 is 10.6 Å². The van der Waals surface area contributed by atoms with Crippen LogP contribution in [0.4, 0.5) is 0 Å². The molecule has 1 amide bonds. The van der Waals surface area contributed by atoms with Crippen LogP contribution in [0.2, 0.25) is 0 Å². The molecule has 3 nitrogen and oxygen atoms in total. The fraction of sp³-hybridized carbons (Fsp3) is 0.364. The third-order valence-electron chi connectivity index (χ3n) is 2.82. The van der Waals surface area contributed by atoms with E-state index < -0.39 is 0 Å². The lowest BCUT2D eigenvalue weighted by Crippen LogP contribution is -2.59. The molecule has 0 saturated heterocycles. The maximum Gasteiger partial charge on any atom is 0.285 e. The Morgan fingerprint density at radius 3 is 2.93 bits per heavy atom. The highest BCUT2D eigenvalue weighted by Crippen LogP contribution is 2.20. The highest BCUT2D eigenvalue weighted by Gasteiger charge is 2.28. The first-order chi connectivity index (χ1) is 6.70. The van der Waals surface area contributed by atoms with Gasteiger partial charge in [-0.3, -0.25) is 4.79 Å². The smallest absolute Gasteiger partial charge is 0.285 e. The molecule has 2 rings (SSSR count). The molecular formula is C11H15N2O+. The zero-order valence-corrected chi connectivity index (χ0v) is 8.36. The van der Waals surface area contributed by atoms with Crippen molar-refractivity contribution in [2.75, 3.05) is 13.6 Å². The van der Waals surface area contributed by atoms with Crippen molar-refractivity contribution in [1.82, 2.24) is 4.90 Å². The van der Waals surface area contributed by atoms with E-state index >= 15 is 0 Å². The number of benzene rings is 1. The molecule has 1 aliphatic rings. The molecule has 0 fully saturated rings. The van der Waals surface area contributed by atoms with E-state index in [2.05, 4.69) is 11.8 Å². The van der Waals surface area contributed by atoms with Crippen molar-refractivity contribution in [3.05, 3.63) is 35.4 Å². The number of hydrogen-bond acceptors (Lipinski definition) is 1. The molecule has 1 aromatic carbocycles. The molecule has 1 aromatic rings. The predicted octanol–water partition coefficient (Wildman–Crippen LogP) is -0.0159. The van der Waals surface area contributed by atoms with E-state index in [4.69, 9.17) is 0 Å². The normalized spacial score (nSPS) is 21.7. The Bertz CT molecular complexity index is 362. The van der Waals surface area contributed by atoms with Crippen LogP contribution in [0.15, 0.2) is 24.3 Å². The van der Waals surface area contributed by atoms with Crippen molar-refractivity contribution in [3.8, 4) is 0 Å². The average molecular weight is 191 g/mol. The summed E-state index contributed by atoms with van der Waals surface area (Å²) in [5.41, 5.74) is 6.28. The second-order valence-electron chi connectivity index (χ2n) is 3.76. The third kappa shape index (κ3) is 1.40. The van der Waals surface area contributed by atoms with Gasteiger partial charge in [0.1, 0.15) is 0 Å². The minimum absolute atomic E-state index is 0.120. The van der Waals surface area contributed by atoms with Crippen LogP contribution >= 0.6 is 0 Å². The van der Waals surface area contributed by atoms with E-state index in [9.17, 15) is 4.79 Å². The van der Waals surface area contributed by atoms with E-state index in [0.717, 1.165) is 18.5 Å². The summed E-state index contributed by atoms with van der Waals surface area (Å²) in [5.74, 6) is 0.120. The van der Waals surface area contributed by atoms with Gasteiger partial charge in [0.2, 0.25) is 0 Å². The summed E-state index contributed by atoms with van der Waals surface area (Å²) < 4.78 is 0. The zero-order valence-electron chi connectivity index (χ0n) is 8.36. The molecular weight excluding hydrogens is 176 g/mol. The quantitative estimate of drug-likeness (QED) is 0.615.